The lowest BCUT2D eigenvalue weighted by Gasteiger charge is -2.41. The van der Waals surface area contributed by atoms with Gasteiger partial charge in [0.05, 0.1) is 0 Å². The molecule has 1 heterocycles. The molecule has 1 unspecified atom stereocenters. The summed E-state index contributed by atoms with van der Waals surface area (Å²) in [6.45, 7) is 17.0. The smallest absolute Gasteiger partial charge is 0.0195 e. The average Bonchev–Trinajstić information content (AvgIpc) is 2.53. The van der Waals surface area contributed by atoms with Crippen LogP contribution in [0.15, 0.2) is 0 Å². The predicted octanol–water partition coefficient (Wildman–Crippen LogP) is 5.42. The van der Waals surface area contributed by atoms with Crippen molar-refractivity contribution in [3.63, 3.8) is 0 Å². The molecule has 0 aromatic rings. The molecule has 142 valence electrons. The van der Waals surface area contributed by atoms with Crippen LogP contribution < -0.4 is 0 Å². The van der Waals surface area contributed by atoms with E-state index in [1.165, 1.54) is 77.5 Å². The normalized spacial score (nSPS) is 30.4. The molecule has 1 saturated heterocycles. The molecule has 0 spiro atoms. The highest BCUT2D eigenvalue weighted by atomic mass is 15.3. The van der Waals surface area contributed by atoms with Crippen LogP contribution in [-0.4, -0.2) is 48.1 Å². The van der Waals surface area contributed by atoms with Crippen molar-refractivity contribution < 1.29 is 0 Å². The highest BCUT2D eigenvalue weighted by Gasteiger charge is 2.25. The van der Waals surface area contributed by atoms with E-state index >= 15 is 0 Å². The quantitative estimate of drug-likeness (QED) is 0.546. The van der Waals surface area contributed by atoms with Crippen LogP contribution >= 0.6 is 0 Å². The fourth-order valence-electron chi connectivity index (χ4n) is 5.00. The standard InChI is InChI=1S/C22H44N2/c1-18(2)16-22-11-9-21(10-12-22)8-6-7-13-23-14-15-24(19(3)4)17-20(23)5/h18-22H,6-17H2,1-5H3. The Morgan fingerprint density at radius 2 is 1.54 bits per heavy atom. The molecule has 24 heavy (non-hydrogen) atoms. The molecule has 2 rings (SSSR count). The zero-order chi connectivity index (χ0) is 17.5. The topological polar surface area (TPSA) is 6.48 Å². The van der Waals surface area contributed by atoms with Gasteiger partial charge in [-0.1, -0.05) is 52.4 Å². The van der Waals surface area contributed by atoms with Crippen molar-refractivity contribution in [1.29, 1.82) is 0 Å². The zero-order valence-corrected chi connectivity index (χ0v) is 17.3. The van der Waals surface area contributed by atoms with Gasteiger partial charge in [-0.05, 0) is 57.9 Å². The fraction of sp³-hybridized carbons (Fsp3) is 1.00. The van der Waals surface area contributed by atoms with Crippen molar-refractivity contribution in [1.82, 2.24) is 9.80 Å². The summed E-state index contributed by atoms with van der Waals surface area (Å²) in [5.74, 6) is 2.98. The van der Waals surface area contributed by atoms with Crippen molar-refractivity contribution >= 4 is 0 Å². The van der Waals surface area contributed by atoms with Gasteiger partial charge in [0, 0.05) is 31.7 Å². The van der Waals surface area contributed by atoms with E-state index in [0.29, 0.717) is 6.04 Å². The van der Waals surface area contributed by atoms with E-state index in [-0.39, 0.29) is 0 Å². The molecule has 2 aliphatic rings. The Kier molecular flexibility index (Phi) is 8.57. The number of hydrogen-bond acceptors (Lipinski definition) is 2. The molecule has 0 bridgehead atoms. The molecule has 1 atom stereocenters. The molecule has 0 amide bonds. The summed E-state index contributed by atoms with van der Waals surface area (Å²) in [6, 6.07) is 1.45. The van der Waals surface area contributed by atoms with E-state index in [2.05, 4.69) is 44.4 Å². The second kappa shape index (κ2) is 10.2. The molecule has 1 aliphatic heterocycles. The minimum atomic E-state index is 0.709. The number of unbranched alkanes of at least 4 members (excludes halogenated alkanes) is 1. The molecule has 1 aliphatic carbocycles. The highest BCUT2D eigenvalue weighted by molar-refractivity contribution is 4.81. The maximum absolute atomic E-state index is 2.73. The van der Waals surface area contributed by atoms with E-state index in [4.69, 9.17) is 0 Å². The second-order valence-electron chi connectivity index (χ2n) is 9.49. The maximum atomic E-state index is 2.73. The zero-order valence-electron chi connectivity index (χ0n) is 17.3. The minimum absolute atomic E-state index is 0.709. The molecule has 1 saturated carbocycles. The van der Waals surface area contributed by atoms with E-state index in [1.54, 1.807) is 0 Å². The van der Waals surface area contributed by atoms with Gasteiger partial charge in [-0.3, -0.25) is 9.80 Å². The van der Waals surface area contributed by atoms with E-state index in [0.717, 1.165) is 23.8 Å². The first-order chi connectivity index (χ1) is 11.5. The Balaban J connectivity index is 1.54. The lowest BCUT2D eigenvalue weighted by Crippen LogP contribution is -2.53. The Morgan fingerprint density at radius 3 is 2.12 bits per heavy atom. The summed E-state index contributed by atoms with van der Waals surface area (Å²) >= 11 is 0. The number of piperazine rings is 1. The van der Waals surface area contributed by atoms with Gasteiger partial charge >= 0.3 is 0 Å². The van der Waals surface area contributed by atoms with Gasteiger partial charge in [-0.15, -0.1) is 0 Å². The SMILES string of the molecule is CC(C)CC1CCC(CCCCN2CCN(C(C)C)CC2C)CC1. The van der Waals surface area contributed by atoms with Crippen LogP contribution in [0.4, 0.5) is 0 Å². The number of nitrogens with zero attached hydrogens (tertiary/aromatic N) is 2. The highest BCUT2D eigenvalue weighted by Crippen LogP contribution is 2.34. The Hall–Kier alpha value is -0.0800. The summed E-state index contributed by atoms with van der Waals surface area (Å²) < 4.78 is 0. The third kappa shape index (κ3) is 6.67. The molecule has 0 radical (unpaired) electrons. The molecular formula is C22H44N2. The van der Waals surface area contributed by atoms with Gasteiger partial charge in [-0.25, -0.2) is 0 Å². The van der Waals surface area contributed by atoms with Crippen molar-refractivity contribution in [2.24, 2.45) is 17.8 Å². The molecule has 2 heteroatoms. The van der Waals surface area contributed by atoms with Crippen LogP contribution in [-0.2, 0) is 0 Å². The summed E-state index contributed by atoms with van der Waals surface area (Å²) in [6.07, 6.45) is 11.9. The lowest BCUT2D eigenvalue weighted by atomic mass is 9.77. The van der Waals surface area contributed by atoms with Crippen molar-refractivity contribution in [3.05, 3.63) is 0 Å². The largest absolute Gasteiger partial charge is 0.298 e. The Labute approximate surface area is 152 Å². The van der Waals surface area contributed by atoms with Crippen molar-refractivity contribution in [2.75, 3.05) is 26.2 Å². The maximum Gasteiger partial charge on any atom is 0.0195 e. The molecule has 0 N–H and O–H groups in total. The first kappa shape index (κ1) is 20.2. The van der Waals surface area contributed by atoms with E-state index in [1.807, 2.05) is 0 Å². The van der Waals surface area contributed by atoms with Gasteiger partial charge < -0.3 is 0 Å². The third-order valence-corrected chi connectivity index (χ3v) is 6.61. The van der Waals surface area contributed by atoms with Crippen LogP contribution in [0, 0.1) is 17.8 Å². The number of rotatable bonds is 8. The first-order valence-electron chi connectivity index (χ1n) is 10.9. The van der Waals surface area contributed by atoms with Crippen LogP contribution in [0.5, 0.6) is 0 Å². The Bertz CT molecular complexity index is 331. The summed E-state index contributed by atoms with van der Waals surface area (Å²) in [5, 5.41) is 0. The van der Waals surface area contributed by atoms with Crippen molar-refractivity contribution in [3.8, 4) is 0 Å². The van der Waals surface area contributed by atoms with Crippen LogP contribution in [0.2, 0.25) is 0 Å². The Morgan fingerprint density at radius 1 is 0.875 bits per heavy atom. The predicted molar refractivity (Wildman–Crippen MR) is 106 cm³/mol. The fourth-order valence-corrected chi connectivity index (χ4v) is 5.00. The van der Waals surface area contributed by atoms with Crippen LogP contribution in [0.1, 0.15) is 86.0 Å². The van der Waals surface area contributed by atoms with Crippen molar-refractivity contribution in [2.45, 2.75) is 98.1 Å². The van der Waals surface area contributed by atoms with Gasteiger partial charge in [0.2, 0.25) is 0 Å². The second-order valence-corrected chi connectivity index (χ2v) is 9.49. The van der Waals surface area contributed by atoms with E-state index in [9.17, 15) is 0 Å². The summed E-state index contributed by atoms with van der Waals surface area (Å²) in [4.78, 5) is 5.37. The summed E-state index contributed by atoms with van der Waals surface area (Å²) in [7, 11) is 0. The molecular weight excluding hydrogens is 292 g/mol. The van der Waals surface area contributed by atoms with Gasteiger partial charge in [0.25, 0.3) is 0 Å². The number of hydrogen-bond donors (Lipinski definition) is 0. The summed E-state index contributed by atoms with van der Waals surface area (Å²) in [5.41, 5.74) is 0. The molecule has 2 nitrogen and oxygen atoms in total. The monoisotopic (exact) mass is 336 g/mol. The van der Waals surface area contributed by atoms with E-state index < -0.39 is 0 Å². The minimum Gasteiger partial charge on any atom is -0.298 e. The van der Waals surface area contributed by atoms with Crippen LogP contribution in [0.25, 0.3) is 0 Å². The average molecular weight is 337 g/mol. The van der Waals surface area contributed by atoms with Crippen LogP contribution in [0.3, 0.4) is 0 Å². The molecule has 0 aromatic heterocycles. The third-order valence-electron chi connectivity index (χ3n) is 6.61. The molecule has 0 aromatic carbocycles. The van der Waals surface area contributed by atoms with Gasteiger partial charge in [-0.2, -0.15) is 0 Å². The van der Waals surface area contributed by atoms with Gasteiger partial charge in [0.1, 0.15) is 0 Å². The van der Waals surface area contributed by atoms with Gasteiger partial charge in [0.15, 0.2) is 0 Å². The molecule has 2 fully saturated rings. The first-order valence-corrected chi connectivity index (χ1v) is 10.9. The lowest BCUT2D eigenvalue weighted by molar-refractivity contribution is 0.0632.